The van der Waals surface area contributed by atoms with Gasteiger partial charge in [-0.25, -0.2) is 0 Å². The van der Waals surface area contributed by atoms with E-state index in [1.54, 1.807) is 0 Å². The standard InChI is InChI=1S/C13H20O/c1-10(2)13-7-5-4-6-12(13)9-8-11(3)14/h4-7,10-11,14H,8-9H2,1-3H3/t11-/m1/s1. The molecule has 0 saturated carbocycles. The van der Waals surface area contributed by atoms with Gasteiger partial charge in [0.05, 0.1) is 6.10 Å². The first-order chi connectivity index (χ1) is 6.61. The van der Waals surface area contributed by atoms with Crippen molar-refractivity contribution >= 4 is 0 Å². The Hall–Kier alpha value is -0.820. The smallest absolute Gasteiger partial charge is 0.0515 e. The van der Waals surface area contributed by atoms with Gasteiger partial charge in [-0.2, -0.15) is 0 Å². The third kappa shape index (κ3) is 3.15. The third-order valence-corrected chi connectivity index (χ3v) is 2.51. The van der Waals surface area contributed by atoms with Gasteiger partial charge in [0, 0.05) is 0 Å². The fraction of sp³-hybridized carbons (Fsp3) is 0.538. The molecule has 0 aliphatic rings. The average molecular weight is 192 g/mol. The maximum Gasteiger partial charge on any atom is 0.0515 e. The first kappa shape index (κ1) is 11.3. The number of benzene rings is 1. The first-order valence-corrected chi connectivity index (χ1v) is 5.37. The molecule has 0 aliphatic carbocycles. The van der Waals surface area contributed by atoms with E-state index in [2.05, 4.69) is 38.1 Å². The summed E-state index contributed by atoms with van der Waals surface area (Å²) >= 11 is 0. The molecule has 0 fully saturated rings. The van der Waals surface area contributed by atoms with E-state index in [9.17, 15) is 5.11 Å². The van der Waals surface area contributed by atoms with Crippen LogP contribution in [0.15, 0.2) is 24.3 Å². The highest BCUT2D eigenvalue weighted by molar-refractivity contribution is 5.29. The van der Waals surface area contributed by atoms with Gasteiger partial charge in [0.1, 0.15) is 0 Å². The van der Waals surface area contributed by atoms with Gasteiger partial charge in [-0.05, 0) is 36.8 Å². The normalized spacial score (nSPS) is 13.2. The van der Waals surface area contributed by atoms with E-state index in [1.807, 2.05) is 6.92 Å². The van der Waals surface area contributed by atoms with Gasteiger partial charge in [0.25, 0.3) is 0 Å². The quantitative estimate of drug-likeness (QED) is 0.777. The fourth-order valence-corrected chi connectivity index (χ4v) is 1.69. The molecular formula is C13H20O. The van der Waals surface area contributed by atoms with Crippen LogP contribution in [0.5, 0.6) is 0 Å². The summed E-state index contributed by atoms with van der Waals surface area (Å²) in [5.41, 5.74) is 2.79. The topological polar surface area (TPSA) is 20.2 Å². The monoisotopic (exact) mass is 192 g/mol. The minimum atomic E-state index is -0.199. The van der Waals surface area contributed by atoms with Gasteiger partial charge in [0.15, 0.2) is 0 Å². The third-order valence-electron chi connectivity index (χ3n) is 2.51. The number of hydrogen-bond acceptors (Lipinski definition) is 1. The fourth-order valence-electron chi connectivity index (χ4n) is 1.69. The molecule has 1 rings (SSSR count). The van der Waals surface area contributed by atoms with Crippen LogP contribution in [0.4, 0.5) is 0 Å². The molecule has 1 nitrogen and oxygen atoms in total. The minimum absolute atomic E-state index is 0.199. The largest absolute Gasteiger partial charge is 0.393 e. The predicted octanol–water partition coefficient (Wildman–Crippen LogP) is 3.12. The second kappa shape index (κ2) is 5.16. The van der Waals surface area contributed by atoms with Gasteiger partial charge in [-0.1, -0.05) is 38.1 Å². The summed E-state index contributed by atoms with van der Waals surface area (Å²) in [5, 5.41) is 9.24. The van der Waals surface area contributed by atoms with Crippen molar-refractivity contribution in [3.05, 3.63) is 35.4 Å². The van der Waals surface area contributed by atoms with Gasteiger partial charge in [0.2, 0.25) is 0 Å². The van der Waals surface area contributed by atoms with Crippen molar-refractivity contribution in [3.63, 3.8) is 0 Å². The van der Waals surface area contributed by atoms with Crippen molar-refractivity contribution in [1.29, 1.82) is 0 Å². The Kier molecular flexibility index (Phi) is 4.15. The highest BCUT2D eigenvalue weighted by Gasteiger charge is 2.06. The molecule has 1 N–H and O–H groups in total. The SMILES string of the molecule is CC(C)c1ccccc1CC[C@@H](C)O. The lowest BCUT2D eigenvalue weighted by Crippen LogP contribution is -2.04. The van der Waals surface area contributed by atoms with E-state index in [4.69, 9.17) is 0 Å². The van der Waals surface area contributed by atoms with Crippen LogP contribution in [0, 0.1) is 0 Å². The number of aryl methyl sites for hydroxylation is 1. The summed E-state index contributed by atoms with van der Waals surface area (Å²) in [6.07, 6.45) is 1.63. The zero-order chi connectivity index (χ0) is 10.6. The zero-order valence-electron chi connectivity index (χ0n) is 9.33. The molecule has 78 valence electrons. The Bertz CT molecular complexity index is 276. The minimum Gasteiger partial charge on any atom is -0.393 e. The summed E-state index contributed by atoms with van der Waals surface area (Å²) in [4.78, 5) is 0. The molecule has 0 amide bonds. The molecule has 0 aromatic heterocycles. The zero-order valence-corrected chi connectivity index (χ0v) is 9.33. The summed E-state index contributed by atoms with van der Waals surface area (Å²) in [6, 6.07) is 8.50. The Balaban J connectivity index is 2.74. The van der Waals surface area contributed by atoms with E-state index in [1.165, 1.54) is 11.1 Å². The molecule has 1 aromatic carbocycles. The maximum atomic E-state index is 9.24. The summed E-state index contributed by atoms with van der Waals surface area (Å²) < 4.78 is 0. The van der Waals surface area contributed by atoms with Gasteiger partial charge < -0.3 is 5.11 Å². The van der Waals surface area contributed by atoms with Crippen LogP contribution in [0.25, 0.3) is 0 Å². The molecule has 0 radical (unpaired) electrons. The van der Waals surface area contributed by atoms with E-state index in [-0.39, 0.29) is 6.10 Å². The van der Waals surface area contributed by atoms with E-state index >= 15 is 0 Å². The van der Waals surface area contributed by atoms with Crippen LogP contribution in [-0.2, 0) is 6.42 Å². The highest BCUT2D eigenvalue weighted by atomic mass is 16.3. The maximum absolute atomic E-state index is 9.24. The molecular weight excluding hydrogens is 172 g/mol. The number of aliphatic hydroxyl groups is 1. The van der Waals surface area contributed by atoms with E-state index < -0.39 is 0 Å². The van der Waals surface area contributed by atoms with Crippen molar-refractivity contribution in [2.24, 2.45) is 0 Å². The lowest BCUT2D eigenvalue weighted by molar-refractivity contribution is 0.185. The molecule has 14 heavy (non-hydrogen) atoms. The summed E-state index contributed by atoms with van der Waals surface area (Å²) in [5.74, 6) is 0.570. The number of rotatable bonds is 4. The van der Waals surface area contributed by atoms with Gasteiger partial charge in [-0.15, -0.1) is 0 Å². The lowest BCUT2D eigenvalue weighted by Gasteiger charge is -2.13. The molecule has 0 bridgehead atoms. The van der Waals surface area contributed by atoms with E-state index in [0.717, 1.165) is 12.8 Å². The van der Waals surface area contributed by atoms with Crippen LogP contribution in [0.1, 0.15) is 44.2 Å². The molecule has 1 heteroatoms. The number of hydrogen-bond donors (Lipinski definition) is 1. The Labute approximate surface area is 86.8 Å². The lowest BCUT2D eigenvalue weighted by atomic mass is 9.94. The summed E-state index contributed by atoms with van der Waals surface area (Å²) in [7, 11) is 0. The van der Waals surface area contributed by atoms with Crippen molar-refractivity contribution in [1.82, 2.24) is 0 Å². The van der Waals surface area contributed by atoms with Crippen LogP contribution < -0.4 is 0 Å². The molecule has 0 heterocycles. The summed E-state index contributed by atoms with van der Waals surface area (Å²) in [6.45, 7) is 6.26. The molecule has 0 spiro atoms. The van der Waals surface area contributed by atoms with Crippen molar-refractivity contribution < 1.29 is 5.11 Å². The Morgan fingerprint density at radius 1 is 1.14 bits per heavy atom. The second-order valence-electron chi connectivity index (χ2n) is 4.24. The van der Waals surface area contributed by atoms with Crippen molar-refractivity contribution in [2.75, 3.05) is 0 Å². The average Bonchev–Trinajstić information content (AvgIpc) is 2.15. The molecule has 1 aromatic rings. The van der Waals surface area contributed by atoms with Crippen LogP contribution >= 0.6 is 0 Å². The molecule has 0 aliphatic heterocycles. The van der Waals surface area contributed by atoms with Gasteiger partial charge in [-0.3, -0.25) is 0 Å². The van der Waals surface area contributed by atoms with Crippen LogP contribution in [-0.4, -0.2) is 11.2 Å². The predicted molar refractivity (Wildman–Crippen MR) is 60.5 cm³/mol. The van der Waals surface area contributed by atoms with Crippen LogP contribution in [0.2, 0.25) is 0 Å². The van der Waals surface area contributed by atoms with Crippen molar-refractivity contribution in [3.8, 4) is 0 Å². The molecule has 0 saturated heterocycles. The van der Waals surface area contributed by atoms with E-state index in [0.29, 0.717) is 5.92 Å². The Morgan fingerprint density at radius 3 is 2.36 bits per heavy atom. The first-order valence-electron chi connectivity index (χ1n) is 5.37. The molecule has 1 atom stereocenters. The van der Waals surface area contributed by atoms with Crippen LogP contribution in [0.3, 0.4) is 0 Å². The van der Waals surface area contributed by atoms with Gasteiger partial charge >= 0.3 is 0 Å². The number of aliphatic hydroxyl groups excluding tert-OH is 1. The highest BCUT2D eigenvalue weighted by Crippen LogP contribution is 2.20. The molecule has 0 unspecified atom stereocenters. The van der Waals surface area contributed by atoms with Crippen molar-refractivity contribution in [2.45, 2.75) is 45.6 Å². The Morgan fingerprint density at radius 2 is 1.79 bits per heavy atom. The second-order valence-corrected chi connectivity index (χ2v) is 4.24.